The minimum Gasteiger partial charge on any atom is -0.508 e. The van der Waals surface area contributed by atoms with Crippen LogP contribution in [-0.2, 0) is 0 Å². The zero-order valence-electron chi connectivity index (χ0n) is 9.61. The molecule has 0 aliphatic carbocycles. The Morgan fingerprint density at radius 3 is 2.38 bits per heavy atom. The van der Waals surface area contributed by atoms with Crippen molar-refractivity contribution in [2.75, 3.05) is 23.5 Å². The molecule has 0 saturated carbocycles. The van der Waals surface area contributed by atoms with Crippen molar-refractivity contribution >= 4 is 15.8 Å². The van der Waals surface area contributed by atoms with Crippen LogP contribution in [0.3, 0.4) is 0 Å². The Morgan fingerprint density at radius 1 is 1.25 bits per heavy atom. The van der Waals surface area contributed by atoms with E-state index in [-0.39, 0.29) is 11.5 Å². The lowest BCUT2D eigenvalue weighted by atomic mass is 10.1. The predicted octanol–water partition coefficient (Wildman–Crippen LogP) is 2.80. The van der Waals surface area contributed by atoms with Crippen LogP contribution in [0.1, 0.15) is 23.2 Å². The van der Waals surface area contributed by atoms with E-state index in [1.165, 1.54) is 24.3 Å². The number of phenolic OH excluding ortho intramolecular Hbond substituents is 1. The molecule has 0 aromatic heterocycles. The number of Topliss-reactive ketones (excluding diaryl/α,β-unsaturated/α-hetero) is 1. The van der Waals surface area contributed by atoms with Crippen molar-refractivity contribution in [1.29, 1.82) is 0 Å². The molecule has 1 aliphatic heterocycles. The second kappa shape index (κ2) is 4.50. The summed E-state index contributed by atoms with van der Waals surface area (Å²) in [6, 6.07) is 6.60. The molecule has 1 aromatic carbocycles. The van der Waals surface area contributed by atoms with E-state index >= 15 is 0 Å². The minimum absolute atomic E-state index is 0.218. The van der Waals surface area contributed by atoms with Gasteiger partial charge in [0, 0.05) is 11.3 Å². The average Bonchev–Trinajstić information content (AvgIpc) is 2.65. The highest BCUT2D eigenvalue weighted by Gasteiger charge is 2.26. The Morgan fingerprint density at radius 2 is 1.81 bits per heavy atom. The summed E-state index contributed by atoms with van der Waals surface area (Å²) in [7, 11) is -0.673. The topological polar surface area (TPSA) is 37.3 Å². The Hall–Kier alpha value is -0.960. The molecule has 3 heteroatoms. The molecular formula is C13H18O2S. The molecule has 16 heavy (non-hydrogen) atoms. The zero-order valence-corrected chi connectivity index (χ0v) is 10.4. The van der Waals surface area contributed by atoms with E-state index in [9.17, 15) is 4.79 Å². The van der Waals surface area contributed by atoms with E-state index in [1.54, 1.807) is 24.3 Å². The number of carbonyl (C=O) groups is 1. The molecular weight excluding hydrogens is 220 g/mol. The number of ketones is 1. The summed E-state index contributed by atoms with van der Waals surface area (Å²) in [6.45, 7) is 0. The lowest BCUT2D eigenvalue weighted by Crippen LogP contribution is -2.14. The summed E-state index contributed by atoms with van der Waals surface area (Å²) in [5.74, 6) is 3.67. The predicted molar refractivity (Wildman–Crippen MR) is 69.8 cm³/mol. The molecule has 0 bridgehead atoms. The molecule has 0 unspecified atom stereocenters. The monoisotopic (exact) mass is 238 g/mol. The standard InChI is InChI=1S/C13H18O2S/c1-16(8-2-3-9-16)10-13(15)11-4-6-12(14)7-5-11/h4-7,14H,2-3,8-10H2,1H3. The van der Waals surface area contributed by atoms with Gasteiger partial charge in [-0.3, -0.25) is 4.79 Å². The number of carbonyl (C=O) groups excluding carboxylic acids is 1. The Kier molecular flexibility index (Phi) is 3.24. The van der Waals surface area contributed by atoms with Crippen molar-refractivity contribution < 1.29 is 9.90 Å². The zero-order chi connectivity index (χ0) is 11.6. The first kappa shape index (κ1) is 11.5. The van der Waals surface area contributed by atoms with Crippen LogP contribution in [0.25, 0.3) is 0 Å². The van der Waals surface area contributed by atoms with E-state index in [0.29, 0.717) is 0 Å². The van der Waals surface area contributed by atoms with Gasteiger partial charge in [-0.05, 0) is 54.9 Å². The van der Waals surface area contributed by atoms with Crippen LogP contribution in [0, 0.1) is 0 Å². The van der Waals surface area contributed by atoms with Gasteiger partial charge in [0.25, 0.3) is 0 Å². The van der Waals surface area contributed by atoms with Crippen LogP contribution in [0.15, 0.2) is 24.3 Å². The fourth-order valence-electron chi connectivity index (χ4n) is 2.19. The molecule has 1 N–H and O–H groups in total. The molecule has 1 fully saturated rings. The molecule has 0 radical (unpaired) electrons. The second-order valence-corrected chi connectivity index (χ2v) is 8.77. The molecule has 1 saturated heterocycles. The van der Waals surface area contributed by atoms with E-state index in [2.05, 4.69) is 6.26 Å². The van der Waals surface area contributed by atoms with Crippen molar-refractivity contribution in [2.45, 2.75) is 12.8 Å². The molecule has 1 aliphatic rings. The summed E-state index contributed by atoms with van der Waals surface area (Å²) in [5.41, 5.74) is 0.735. The molecule has 1 heterocycles. The fraction of sp³-hybridized carbons (Fsp3) is 0.462. The first-order chi connectivity index (χ1) is 7.59. The highest BCUT2D eigenvalue weighted by atomic mass is 32.3. The van der Waals surface area contributed by atoms with Crippen molar-refractivity contribution in [3.63, 3.8) is 0 Å². The fourth-order valence-corrected chi connectivity index (χ4v) is 5.29. The SMILES string of the molecule is CS1(CC(=O)c2ccc(O)cc2)CCCC1. The molecule has 88 valence electrons. The number of hydrogen-bond acceptors (Lipinski definition) is 2. The largest absolute Gasteiger partial charge is 0.508 e. The van der Waals surface area contributed by atoms with Crippen LogP contribution in [-0.4, -0.2) is 34.4 Å². The van der Waals surface area contributed by atoms with Crippen LogP contribution in [0.5, 0.6) is 5.75 Å². The van der Waals surface area contributed by atoms with Crippen molar-refractivity contribution in [3.8, 4) is 5.75 Å². The summed E-state index contributed by atoms with van der Waals surface area (Å²) in [6.07, 6.45) is 4.86. The average molecular weight is 238 g/mol. The van der Waals surface area contributed by atoms with Gasteiger partial charge in [0.15, 0.2) is 5.78 Å². The molecule has 2 nitrogen and oxygen atoms in total. The Bertz CT molecular complexity index is 377. The summed E-state index contributed by atoms with van der Waals surface area (Å²) in [5, 5.41) is 9.17. The lowest BCUT2D eigenvalue weighted by Gasteiger charge is -2.29. The van der Waals surface area contributed by atoms with E-state index in [4.69, 9.17) is 5.11 Å². The summed E-state index contributed by atoms with van der Waals surface area (Å²) in [4.78, 5) is 12.1. The van der Waals surface area contributed by atoms with Gasteiger partial charge in [-0.2, -0.15) is 0 Å². The van der Waals surface area contributed by atoms with Gasteiger partial charge in [0.1, 0.15) is 5.75 Å². The lowest BCUT2D eigenvalue weighted by molar-refractivity contribution is 0.102. The van der Waals surface area contributed by atoms with Crippen LogP contribution < -0.4 is 0 Å². The third-order valence-corrected chi connectivity index (χ3v) is 6.70. The van der Waals surface area contributed by atoms with E-state index in [1.807, 2.05) is 0 Å². The number of phenols is 1. The first-order valence-electron chi connectivity index (χ1n) is 5.63. The maximum atomic E-state index is 12.1. The third kappa shape index (κ3) is 2.59. The van der Waals surface area contributed by atoms with E-state index in [0.717, 1.165) is 11.3 Å². The molecule has 0 amide bonds. The van der Waals surface area contributed by atoms with Crippen LogP contribution in [0.4, 0.5) is 0 Å². The number of rotatable bonds is 3. The first-order valence-corrected chi connectivity index (χ1v) is 8.18. The molecule has 1 aromatic rings. The highest BCUT2D eigenvalue weighted by Crippen LogP contribution is 2.50. The minimum atomic E-state index is -0.673. The molecule has 2 rings (SSSR count). The number of benzene rings is 1. The maximum Gasteiger partial charge on any atom is 0.171 e. The van der Waals surface area contributed by atoms with Gasteiger partial charge in [-0.15, -0.1) is 0 Å². The van der Waals surface area contributed by atoms with Crippen molar-refractivity contribution in [1.82, 2.24) is 0 Å². The Balaban J connectivity index is 2.05. The van der Waals surface area contributed by atoms with Crippen molar-refractivity contribution in [3.05, 3.63) is 29.8 Å². The van der Waals surface area contributed by atoms with Crippen LogP contribution in [0.2, 0.25) is 0 Å². The van der Waals surface area contributed by atoms with Crippen LogP contribution >= 0.6 is 10.0 Å². The van der Waals surface area contributed by atoms with Gasteiger partial charge in [0.05, 0.1) is 0 Å². The van der Waals surface area contributed by atoms with Crippen molar-refractivity contribution in [2.24, 2.45) is 0 Å². The Labute approximate surface area is 98.0 Å². The highest BCUT2D eigenvalue weighted by molar-refractivity contribution is 8.33. The van der Waals surface area contributed by atoms with Gasteiger partial charge in [-0.25, -0.2) is 10.0 Å². The smallest absolute Gasteiger partial charge is 0.171 e. The van der Waals surface area contributed by atoms with E-state index < -0.39 is 10.0 Å². The van der Waals surface area contributed by atoms with Gasteiger partial charge < -0.3 is 5.11 Å². The molecule has 0 atom stereocenters. The third-order valence-electron chi connectivity index (χ3n) is 3.19. The second-order valence-electron chi connectivity index (χ2n) is 4.71. The molecule has 0 spiro atoms. The maximum absolute atomic E-state index is 12.1. The summed E-state index contributed by atoms with van der Waals surface area (Å²) < 4.78 is 0. The van der Waals surface area contributed by atoms with Gasteiger partial charge >= 0.3 is 0 Å². The van der Waals surface area contributed by atoms with Gasteiger partial charge in [-0.1, -0.05) is 0 Å². The summed E-state index contributed by atoms with van der Waals surface area (Å²) >= 11 is 0. The number of aromatic hydroxyl groups is 1. The van der Waals surface area contributed by atoms with Gasteiger partial charge in [0.2, 0.25) is 0 Å². The quantitative estimate of drug-likeness (QED) is 0.822. The number of hydrogen-bond donors (Lipinski definition) is 1. The normalized spacial score (nSPS) is 20.6.